The minimum Gasteiger partial charge on any atom is -0.508 e. The van der Waals surface area contributed by atoms with E-state index in [1.807, 2.05) is 0 Å². The Morgan fingerprint density at radius 2 is 1.91 bits per heavy atom. The van der Waals surface area contributed by atoms with E-state index in [4.69, 9.17) is 5.11 Å². The van der Waals surface area contributed by atoms with E-state index in [1.54, 1.807) is 0 Å². The Bertz CT molecular complexity index is 183. The Morgan fingerprint density at radius 3 is 2.27 bits per heavy atom. The maximum Gasteiger partial charge on any atom is 0.111 e. The van der Waals surface area contributed by atoms with Gasteiger partial charge in [-0.15, -0.1) is 0 Å². The second kappa shape index (κ2) is 4.78. The molecule has 0 saturated heterocycles. The first kappa shape index (κ1) is 10.0. The van der Waals surface area contributed by atoms with Crippen molar-refractivity contribution in [3.05, 3.63) is 36.1 Å². The molecule has 0 fully saturated rings. The third kappa shape index (κ3) is 5.46. The highest BCUT2D eigenvalue weighted by Crippen LogP contribution is 2.10. The average Bonchev–Trinajstić information content (AvgIpc) is 1.86. The summed E-state index contributed by atoms with van der Waals surface area (Å²) in [7, 11) is 0. The molecule has 0 bridgehead atoms. The van der Waals surface area contributed by atoms with Crippen molar-refractivity contribution >= 4 is 0 Å². The molecular formula is C10H16O. The molecular weight excluding hydrogens is 136 g/mol. The van der Waals surface area contributed by atoms with Crippen LogP contribution in [0.15, 0.2) is 36.1 Å². The molecule has 0 unspecified atom stereocenters. The molecule has 0 atom stereocenters. The van der Waals surface area contributed by atoms with E-state index in [0.717, 1.165) is 18.4 Å². The Balaban J connectivity index is 3.64. The Labute approximate surface area is 68.7 Å². The van der Waals surface area contributed by atoms with Gasteiger partial charge in [-0.2, -0.15) is 0 Å². The molecule has 0 aromatic carbocycles. The van der Waals surface area contributed by atoms with Crippen LogP contribution in [0.1, 0.15) is 26.7 Å². The molecule has 62 valence electrons. The minimum absolute atomic E-state index is 0.104. The van der Waals surface area contributed by atoms with E-state index >= 15 is 0 Å². The monoisotopic (exact) mass is 152 g/mol. The molecule has 0 aromatic heterocycles. The van der Waals surface area contributed by atoms with E-state index in [0.29, 0.717) is 0 Å². The lowest BCUT2D eigenvalue weighted by molar-refractivity contribution is 0.422. The smallest absolute Gasteiger partial charge is 0.111 e. The number of hydrogen-bond acceptors (Lipinski definition) is 1. The zero-order valence-corrected chi connectivity index (χ0v) is 7.35. The lowest BCUT2D eigenvalue weighted by Crippen LogP contribution is -1.83. The fourth-order valence-electron chi connectivity index (χ4n) is 0.679. The summed E-state index contributed by atoms with van der Waals surface area (Å²) in [6, 6.07) is 0. The van der Waals surface area contributed by atoms with E-state index in [1.165, 1.54) is 5.57 Å². The third-order valence-corrected chi connectivity index (χ3v) is 1.41. The number of rotatable bonds is 4. The quantitative estimate of drug-likeness (QED) is 0.372. The molecule has 0 aromatic rings. The normalized spacial score (nSPS) is 8.91. The number of aliphatic hydroxyl groups excluding tert-OH is 1. The standard InChI is InChI=1S/C10H16O/c1-8(2)6-5-7-9(3)10(4)11/h6,11H,3-5,7H2,1-2H3. The first-order valence-corrected chi connectivity index (χ1v) is 3.73. The van der Waals surface area contributed by atoms with Crippen molar-refractivity contribution in [3.8, 4) is 0 Å². The van der Waals surface area contributed by atoms with E-state index in [2.05, 4.69) is 33.1 Å². The lowest BCUT2D eigenvalue weighted by atomic mass is 10.1. The van der Waals surface area contributed by atoms with Gasteiger partial charge in [0.15, 0.2) is 0 Å². The van der Waals surface area contributed by atoms with Crippen LogP contribution in [-0.2, 0) is 0 Å². The van der Waals surface area contributed by atoms with Crippen LogP contribution < -0.4 is 0 Å². The molecule has 0 saturated carbocycles. The van der Waals surface area contributed by atoms with Gasteiger partial charge in [0.1, 0.15) is 5.76 Å². The molecule has 0 aliphatic carbocycles. The van der Waals surface area contributed by atoms with Gasteiger partial charge in [0.05, 0.1) is 0 Å². The highest BCUT2D eigenvalue weighted by atomic mass is 16.3. The van der Waals surface area contributed by atoms with Gasteiger partial charge in [0, 0.05) is 0 Å². The molecule has 0 amide bonds. The predicted molar refractivity (Wildman–Crippen MR) is 49.6 cm³/mol. The van der Waals surface area contributed by atoms with Gasteiger partial charge < -0.3 is 5.11 Å². The molecule has 1 nitrogen and oxygen atoms in total. The van der Waals surface area contributed by atoms with Crippen molar-refractivity contribution in [3.63, 3.8) is 0 Å². The zero-order valence-electron chi connectivity index (χ0n) is 7.35. The van der Waals surface area contributed by atoms with Crippen molar-refractivity contribution in [2.75, 3.05) is 0 Å². The predicted octanol–water partition coefficient (Wildman–Crippen LogP) is 3.36. The summed E-state index contributed by atoms with van der Waals surface area (Å²) in [6.45, 7) is 11.2. The number of hydrogen-bond donors (Lipinski definition) is 1. The van der Waals surface area contributed by atoms with Crippen molar-refractivity contribution in [1.82, 2.24) is 0 Å². The van der Waals surface area contributed by atoms with Gasteiger partial charge in [-0.25, -0.2) is 0 Å². The maximum atomic E-state index is 8.87. The van der Waals surface area contributed by atoms with Crippen LogP contribution in [-0.4, -0.2) is 5.11 Å². The summed E-state index contributed by atoms with van der Waals surface area (Å²) in [5.74, 6) is 0.104. The van der Waals surface area contributed by atoms with Crippen LogP contribution in [0, 0.1) is 0 Å². The number of aliphatic hydroxyl groups is 1. The summed E-state index contributed by atoms with van der Waals surface area (Å²) in [4.78, 5) is 0. The molecule has 0 aliphatic heterocycles. The Morgan fingerprint density at radius 1 is 1.36 bits per heavy atom. The van der Waals surface area contributed by atoms with Crippen LogP contribution in [0.25, 0.3) is 0 Å². The van der Waals surface area contributed by atoms with Crippen LogP contribution in [0.2, 0.25) is 0 Å². The van der Waals surface area contributed by atoms with Crippen molar-refractivity contribution in [1.29, 1.82) is 0 Å². The van der Waals surface area contributed by atoms with E-state index in [9.17, 15) is 0 Å². The summed E-state index contributed by atoms with van der Waals surface area (Å²) in [6.07, 6.45) is 3.84. The molecule has 0 spiro atoms. The summed E-state index contributed by atoms with van der Waals surface area (Å²) in [5, 5.41) is 8.87. The Hall–Kier alpha value is -0.980. The highest BCUT2D eigenvalue weighted by Gasteiger charge is 1.94. The fourth-order valence-corrected chi connectivity index (χ4v) is 0.679. The first-order chi connectivity index (χ1) is 5.04. The van der Waals surface area contributed by atoms with Crippen molar-refractivity contribution in [2.24, 2.45) is 0 Å². The third-order valence-electron chi connectivity index (χ3n) is 1.41. The molecule has 1 heteroatoms. The molecule has 0 radical (unpaired) electrons. The second-order valence-corrected chi connectivity index (χ2v) is 2.87. The fraction of sp³-hybridized carbons (Fsp3) is 0.400. The topological polar surface area (TPSA) is 20.2 Å². The number of allylic oxidation sites excluding steroid dienone is 3. The van der Waals surface area contributed by atoms with Crippen molar-refractivity contribution < 1.29 is 5.11 Å². The van der Waals surface area contributed by atoms with Gasteiger partial charge >= 0.3 is 0 Å². The van der Waals surface area contributed by atoms with E-state index < -0.39 is 0 Å². The van der Waals surface area contributed by atoms with Gasteiger partial charge in [-0.1, -0.05) is 24.8 Å². The van der Waals surface area contributed by atoms with Crippen LogP contribution in [0.4, 0.5) is 0 Å². The van der Waals surface area contributed by atoms with Crippen LogP contribution >= 0.6 is 0 Å². The van der Waals surface area contributed by atoms with Gasteiger partial charge in [0.2, 0.25) is 0 Å². The van der Waals surface area contributed by atoms with Gasteiger partial charge in [0.25, 0.3) is 0 Å². The summed E-state index contributed by atoms with van der Waals surface area (Å²) >= 11 is 0. The largest absolute Gasteiger partial charge is 0.508 e. The van der Waals surface area contributed by atoms with E-state index in [-0.39, 0.29) is 5.76 Å². The summed E-state index contributed by atoms with van der Waals surface area (Å²) < 4.78 is 0. The van der Waals surface area contributed by atoms with Crippen molar-refractivity contribution in [2.45, 2.75) is 26.7 Å². The van der Waals surface area contributed by atoms with Crippen LogP contribution in [0.3, 0.4) is 0 Å². The summed E-state index contributed by atoms with van der Waals surface area (Å²) in [5.41, 5.74) is 2.02. The molecule has 0 aliphatic rings. The van der Waals surface area contributed by atoms with Crippen LogP contribution in [0.5, 0.6) is 0 Å². The molecule has 0 heterocycles. The average molecular weight is 152 g/mol. The highest BCUT2D eigenvalue weighted by molar-refractivity contribution is 5.18. The first-order valence-electron chi connectivity index (χ1n) is 3.73. The lowest BCUT2D eigenvalue weighted by Gasteiger charge is -1.99. The van der Waals surface area contributed by atoms with Gasteiger partial charge in [-0.3, -0.25) is 0 Å². The molecule has 1 N–H and O–H groups in total. The maximum absolute atomic E-state index is 8.87. The second-order valence-electron chi connectivity index (χ2n) is 2.87. The van der Waals surface area contributed by atoms with Gasteiger partial charge in [-0.05, 0) is 32.3 Å². The molecule has 11 heavy (non-hydrogen) atoms. The Kier molecular flexibility index (Phi) is 4.35. The minimum atomic E-state index is 0.104. The molecule has 0 rings (SSSR count). The zero-order chi connectivity index (χ0) is 8.85. The SMILES string of the molecule is C=C(O)C(=C)CCC=C(C)C.